The van der Waals surface area contributed by atoms with Gasteiger partial charge in [0.15, 0.2) is 0 Å². The molecule has 1 amide bonds. The van der Waals surface area contributed by atoms with E-state index in [1.807, 2.05) is 6.07 Å². The maximum absolute atomic E-state index is 12.6. The Morgan fingerprint density at radius 1 is 1.04 bits per heavy atom. The van der Waals surface area contributed by atoms with Crippen LogP contribution >= 0.6 is 0 Å². The summed E-state index contributed by atoms with van der Waals surface area (Å²) in [5.74, 6) is -1.66. The van der Waals surface area contributed by atoms with Crippen molar-refractivity contribution in [3.05, 3.63) is 77.4 Å². The molecule has 0 unspecified atom stereocenters. The highest BCUT2D eigenvalue weighted by Gasteiger charge is 2.46. The first-order chi connectivity index (χ1) is 12.0. The number of hydrogen-bond acceptors (Lipinski definition) is 4. The Morgan fingerprint density at radius 3 is 2.16 bits per heavy atom. The van der Waals surface area contributed by atoms with E-state index in [2.05, 4.69) is 0 Å². The fourth-order valence-electron chi connectivity index (χ4n) is 3.09. The molecule has 5 heteroatoms. The highest BCUT2D eigenvalue weighted by molar-refractivity contribution is 6.46. The predicted octanol–water partition coefficient (Wildman–Crippen LogP) is 2.49. The molecule has 2 aromatic rings. The number of likely N-dealkylation sites (tertiary alicyclic amines) is 1. The fraction of sp³-hybridized carbons (Fsp3) is 0.200. The van der Waals surface area contributed by atoms with E-state index in [1.54, 1.807) is 61.5 Å². The van der Waals surface area contributed by atoms with Crippen LogP contribution in [-0.2, 0) is 9.59 Å². The summed E-state index contributed by atoms with van der Waals surface area (Å²) >= 11 is 0. The van der Waals surface area contributed by atoms with Gasteiger partial charge in [-0.05, 0) is 12.5 Å². The Balaban J connectivity index is 2.18. The van der Waals surface area contributed by atoms with Crippen LogP contribution in [0.4, 0.5) is 0 Å². The monoisotopic (exact) mass is 337 g/mol. The van der Waals surface area contributed by atoms with Crippen molar-refractivity contribution < 1.29 is 19.8 Å². The van der Waals surface area contributed by atoms with E-state index in [-0.39, 0.29) is 17.9 Å². The van der Waals surface area contributed by atoms with Crippen LogP contribution in [0.25, 0.3) is 5.76 Å². The number of hydrogen-bond donors (Lipinski definition) is 2. The smallest absolute Gasteiger partial charge is 0.295 e. The van der Waals surface area contributed by atoms with Gasteiger partial charge < -0.3 is 15.1 Å². The van der Waals surface area contributed by atoms with Crippen molar-refractivity contribution in [2.75, 3.05) is 6.54 Å². The third-order valence-electron chi connectivity index (χ3n) is 4.16. The Labute approximate surface area is 145 Å². The molecule has 0 spiro atoms. The van der Waals surface area contributed by atoms with Gasteiger partial charge in [0, 0.05) is 12.1 Å². The molecular formula is C20H19NO4. The lowest BCUT2D eigenvalue weighted by Gasteiger charge is -2.26. The fourth-order valence-corrected chi connectivity index (χ4v) is 3.09. The van der Waals surface area contributed by atoms with Gasteiger partial charge in [-0.1, -0.05) is 60.7 Å². The first kappa shape index (κ1) is 16.9. The summed E-state index contributed by atoms with van der Waals surface area (Å²) in [4.78, 5) is 26.4. The second-order valence-corrected chi connectivity index (χ2v) is 6.08. The predicted molar refractivity (Wildman–Crippen MR) is 93.6 cm³/mol. The third-order valence-corrected chi connectivity index (χ3v) is 4.16. The molecule has 3 rings (SSSR count). The van der Waals surface area contributed by atoms with Crippen LogP contribution in [0.5, 0.6) is 0 Å². The number of ketones is 1. The number of aliphatic hydroxyl groups excluding tert-OH is 2. The Kier molecular flexibility index (Phi) is 4.67. The minimum Gasteiger partial charge on any atom is -0.507 e. The van der Waals surface area contributed by atoms with Crippen LogP contribution in [0.1, 0.15) is 24.1 Å². The van der Waals surface area contributed by atoms with Gasteiger partial charge >= 0.3 is 0 Å². The van der Waals surface area contributed by atoms with E-state index >= 15 is 0 Å². The van der Waals surface area contributed by atoms with E-state index in [9.17, 15) is 19.8 Å². The summed E-state index contributed by atoms with van der Waals surface area (Å²) in [7, 11) is 0. The summed E-state index contributed by atoms with van der Waals surface area (Å²) < 4.78 is 0. The number of aliphatic hydroxyl groups is 2. The Hall–Kier alpha value is -2.92. The number of nitrogens with zero attached hydrogens (tertiary/aromatic N) is 1. The van der Waals surface area contributed by atoms with Crippen LogP contribution in [0.3, 0.4) is 0 Å². The maximum Gasteiger partial charge on any atom is 0.295 e. The molecule has 1 aliphatic heterocycles. The minimum atomic E-state index is -0.791. The molecule has 0 radical (unpaired) electrons. The Morgan fingerprint density at radius 2 is 1.60 bits per heavy atom. The number of amides is 1. The number of carbonyl (C=O) groups excluding carboxylic acids is 2. The second kappa shape index (κ2) is 6.91. The summed E-state index contributed by atoms with van der Waals surface area (Å²) in [6.45, 7) is 1.56. The minimum absolute atomic E-state index is 0.00963. The maximum atomic E-state index is 12.6. The highest BCUT2D eigenvalue weighted by Crippen LogP contribution is 2.39. The van der Waals surface area contributed by atoms with Crippen molar-refractivity contribution in [2.45, 2.75) is 19.1 Å². The zero-order chi connectivity index (χ0) is 18.0. The lowest BCUT2D eigenvalue weighted by Crippen LogP contribution is -2.35. The van der Waals surface area contributed by atoms with Crippen LogP contribution in [0.15, 0.2) is 66.2 Å². The molecule has 2 aromatic carbocycles. The molecule has 2 N–H and O–H groups in total. The summed E-state index contributed by atoms with van der Waals surface area (Å²) in [6.07, 6.45) is -0.791. The van der Waals surface area contributed by atoms with Crippen LogP contribution in [0.2, 0.25) is 0 Å². The largest absolute Gasteiger partial charge is 0.507 e. The van der Waals surface area contributed by atoms with Gasteiger partial charge in [0.05, 0.1) is 17.7 Å². The molecular weight excluding hydrogens is 318 g/mol. The molecule has 1 aliphatic rings. The first-order valence-electron chi connectivity index (χ1n) is 8.07. The van der Waals surface area contributed by atoms with Gasteiger partial charge in [-0.3, -0.25) is 9.59 Å². The van der Waals surface area contributed by atoms with Gasteiger partial charge in [-0.15, -0.1) is 0 Å². The van der Waals surface area contributed by atoms with E-state index in [4.69, 9.17) is 0 Å². The summed E-state index contributed by atoms with van der Waals surface area (Å²) in [5.41, 5.74) is 1.22. The standard InChI is InChI=1S/C20H19NO4/c1-13(22)12-21-17(14-8-4-2-5-9-14)16(19(24)20(21)25)18(23)15-10-6-3-7-11-15/h2-11,13,17,22-23H,12H2,1H3/t13-,17+/m0/s1. The summed E-state index contributed by atoms with van der Waals surface area (Å²) in [6, 6.07) is 17.0. The molecule has 0 aliphatic carbocycles. The quantitative estimate of drug-likeness (QED) is 0.510. The molecule has 5 nitrogen and oxygen atoms in total. The van der Waals surface area contributed by atoms with Gasteiger partial charge in [0.25, 0.3) is 11.7 Å². The molecule has 2 atom stereocenters. The molecule has 25 heavy (non-hydrogen) atoms. The molecule has 128 valence electrons. The summed E-state index contributed by atoms with van der Waals surface area (Å²) in [5, 5.41) is 20.4. The molecule has 0 saturated carbocycles. The SMILES string of the molecule is C[C@H](O)CN1C(=O)C(=O)C(=C(O)c2ccccc2)[C@H]1c1ccccc1. The second-order valence-electron chi connectivity index (χ2n) is 6.08. The Bertz CT molecular complexity index is 812. The van der Waals surface area contributed by atoms with Gasteiger partial charge in [0.2, 0.25) is 0 Å². The lowest BCUT2D eigenvalue weighted by atomic mass is 9.95. The molecule has 1 fully saturated rings. The first-order valence-corrected chi connectivity index (χ1v) is 8.07. The third kappa shape index (κ3) is 3.19. The van der Waals surface area contributed by atoms with E-state index < -0.39 is 23.8 Å². The number of carbonyl (C=O) groups is 2. The average molecular weight is 337 g/mol. The normalized spacial score (nSPS) is 20.7. The van der Waals surface area contributed by atoms with Crippen molar-refractivity contribution in [3.63, 3.8) is 0 Å². The zero-order valence-corrected chi connectivity index (χ0v) is 13.8. The molecule has 1 heterocycles. The molecule has 1 saturated heterocycles. The van der Waals surface area contributed by atoms with Crippen LogP contribution < -0.4 is 0 Å². The van der Waals surface area contributed by atoms with Gasteiger partial charge in [-0.2, -0.15) is 0 Å². The number of benzene rings is 2. The van der Waals surface area contributed by atoms with Crippen LogP contribution in [-0.4, -0.2) is 39.5 Å². The number of rotatable bonds is 4. The van der Waals surface area contributed by atoms with Gasteiger partial charge in [-0.25, -0.2) is 0 Å². The van der Waals surface area contributed by atoms with Crippen molar-refractivity contribution in [1.29, 1.82) is 0 Å². The lowest BCUT2D eigenvalue weighted by molar-refractivity contribution is -0.140. The average Bonchev–Trinajstić information content (AvgIpc) is 2.87. The number of β-amino-alcohol motifs (C(OH)–C–C–N with tert-alkyl or cyclic N) is 1. The van der Waals surface area contributed by atoms with Crippen molar-refractivity contribution in [2.24, 2.45) is 0 Å². The van der Waals surface area contributed by atoms with Crippen molar-refractivity contribution in [3.8, 4) is 0 Å². The number of Topliss-reactive ketones (excluding diaryl/α,β-unsaturated/α-hetero) is 1. The van der Waals surface area contributed by atoms with E-state index in [0.29, 0.717) is 11.1 Å². The van der Waals surface area contributed by atoms with Gasteiger partial charge in [0.1, 0.15) is 5.76 Å². The zero-order valence-electron chi connectivity index (χ0n) is 13.8. The molecule has 0 aromatic heterocycles. The highest BCUT2D eigenvalue weighted by atomic mass is 16.3. The molecule has 0 bridgehead atoms. The van der Waals surface area contributed by atoms with Crippen molar-refractivity contribution >= 4 is 17.4 Å². The van der Waals surface area contributed by atoms with E-state index in [1.165, 1.54) is 4.90 Å². The topological polar surface area (TPSA) is 77.8 Å². The van der Waals surface area contributed by atoms with Crippen LogP contribution in [0, 0.1) is 0 Å². The van der Waals surface area contributed by atoms with Crippen molar-refractivity contribution in [1.82, 2.24) is 4.90 Å². The van der Waals surface area contributed by atoms with E-state index in [0.717, 1.165) is 0 Å².